The third-order valence-corrected chi connectivity index (χ3v) is 6.05. The molecule has 2 aromatic carbocycles. The number of esters is 1. The second-order valence-electron chi connectivity index (χ2n) is 8.63. The van der Waals surface area contributed by atoms with Crippen molar-refractivity contribution in [2.24, 2.45) is 0 Å². The smallest absolute Gasteiger partial charge is 0.416 e. The van der Waals surface area contributed by atoms with Crippen molar-refractivity contribution in [3.63, 3.8) is 0 Å². The van der Waals surface area contributed by atoms with Crippen molar-refractivity contribution in [1.82, 2.24) is 0 Å². The zero-order valence-corrected chi connectivity index (χ0v) is 19.9. The standard InChI is InChI=1S/C28H35F3O3/c1-2-3-4-5-6-7-8-9-10-17-22-34-26(33)27(28(29,30)31,24-20-15-12-16-21-24)25(32)23-18-13-11-14-19-23/h11-16,18-21H,2-10,17,22H2,1H3. The fourth-order valence-corrected chi connectivity index (χ4v) is 4.11. The average Bonchev–Trinajstić information content (AvgIpc) is 2.83. The molecule has 0 aromatic heterocycles. The van der Waals surface area contributed by atoms with Crippen molar-refractivity contribution < 1.29 is 27.5 Å². The first-order valence-electron chi connectivity index (χ1n) is 12.2. The van der Waals surface area contributed by atoms with E-state index in [4.69, 9.17) is 4.74 Å². The molecule has 0 saturated heterocycles. The van der Waals surface area contributed by atoms with Gasteiger partial charge < -0.3 is 4.74 Å². The summed E-state index contributed by atoms with van der Waals surface area (Å²) in [6, 6.07) is 13.7. The van der Waals surface area contributed by atoms with Gasteiger partial charge in [0, 0.05) is 5.56 Å². The number of rotatable bonds is 15. The van der Waals surface area contributed by atoms with Crippen molar-refractivity contribution >= 4 is 11.8 Å². The summed E-state index contributed by atoms with van der Waals surface area (Å²) in [5, 5.41) is 0. The summed E-state index contributed by atoms with van der Waals surface area (Å²) in [5.74, 6) is -2.91. The lowest BCUT2D eigenvalue weighted by molar-refractivity contribution is -0.197. The number of halogens is 3. The van der Waals surface area contributed by atoms with Gasteiger partial charge >= 0.3 is 12.1 Å². The van der Waals surface area contributed by atoms with Crippen molar-refractivity contribution in [2.45, 2.75) is 82.7 Å². The number of Topliss-reactive ketones (excluding diaryl/α,β-unsaturated/α-hetero) is 1. The number of ketones is 1. The molecule has 2 aromatic rings. The van der Waals surface area contributed by atoms with Gasteiger partial charge in [-0.15, -0.1) is 0 Å². The summed E-state index contributed by atoms with van der Waals surface area (Å²) in [7, 11) is 0. The van der Waals surface area contributed by atoms with Gasteiger partial charge in [0.2, 0.25) is 5.41 Å². The Bertz CT molecular complexity index is 865. The minimum atomic E-state index is -5.17. The van der Waals surface area contributed by atoms with Crippen molar-refractivity contribution in [3.8, 4) is 0 Å². The van der Waals surface area contributed by atoms with Gasteiger partial charge in [0.25, 0.3) is 0 Å². The van der Waals surface area contributed by atoms with Crippen molar-refractivity contribution in [1.29, 1.82) is 0 Å². The molecule has 0 fully saturated rings. The summed E-state index contributed by atoms with van der Waals surface area (Å²) in [4.78, 5) is 26.3. The molecule has 0 spiro atoms. The SMILES string of the molecule is CCCCCCCCCCCCOC(=O)C(C(=O)c1ccccc1)(c1ccccc1)C(F)(F)F. The molecule has 1 unspecified atom stereocenters. The molecule has 186 valence electrons. The third-order valence-electron chi connectivity index (χ3n) is 6.05. The van der Waals surface area contributed by atoms with Crippen LogP contribution in [0.2, 0.25) is 0 Å². The van der Waals surface area contributed by atoms with E-state index in [1.165, 1.54) is 74.6 Å². The molecule has 0 N–H and O–H groups in total. The fourth-order valence-electron chi connectivity index (χ4n) is 4.11. The molecule has 1 atom stereocenters. The van der Waals surface area contributed by atoms with E-state index in [0.29, 0.717) is 6.42 Å². The maximum Gasteiger partial charge on any atom is 0.416 e. The number of carbonyl (C=O) groups is 2. The molecular weight excluding hydrogens is 441 g/mol. The quantitative estimate of drug-likeness (QED) is 0.114. The molecule has 0 heterocycles. The highest BCUT2D eigenvalue weighted by atomic mass is 19.4. The third kappa shape index (κ3) is 7.18. The molecule has 0 aliphatic rings. The van der Waals surface area contributed by atoms with E-state index in [9.17, 15) is 22.8 Å². The van der Waals surface area contributed by atoms with Crippen LogP contribution in [0.3, 0.4) is 0 Å². The Balaban J connectivity index is 2.05. The minimum Gasteiger partial charge on any atom is -0.464 e. The lowest BCUT2D eigenvalue weighted by atomic mass is 9.73. The Morgan fingerprint density at radius 3 is 1.68 bits per heavy atom. The first kappa shape index (κ1) is 27.6. The molecule has 2 rings (SSSR count). The number of hydrogen-bond acceptors (Lipinski definition) is 3. The Morgan fingerprint density at radius 2 is 1.18 bits per heavy atom. The first-order chi connectivity index (χ1) is 16.4. The highest BCUT2D eigenvalue weighted by molar-refractivity contribution is 6.18. The molecule has 0 bridgehead atoms. The van der Waals surface area contributed by atoms with Crippen LogP contribution in [-0.4, -0.2) is 24.5 Å². The number of benzene rings is 2. The summed E-state index contributed by atoms with van der Waals surface area (Å²) < 4.78 is 48.8. The van der Waals surface area contributed by atoms with Gasteiger partial charge in [-0.25, -0.2) is 0 Å². The van der Waals surface area contributed by atoms with Crippen LogP contribution in [0.4, 0.5) is 13.2 Å². The van der Waals surface area contributed by atoms with Crippen LogP contribution in [0.25, 0.3) is 0 Å². The van der Waals surface area contributed by atoms with Crippen molar-refractivity contribution in [3.05, 3.63) is 71.8 Å². The van der Waals surface area contributed by atoms with Crippen LogP contribution in [0, 0.1) is 0 Å². The van der Waals surface area contributed by atoms with Gasteiger partial charge in [0.15, 0.2) is 5.78 Å². The maximum absolute atomic E-state index is 14.6. The first-order valence-corrected chi connectivity index (χ1v) is 12.2. The second-order valence-corrected chi connectivity index (χ2v) is 8.63. The predicted molar refractivity (Wildman–Crippen MR) is 128 cm³/mol. The van der Waals surface area contributed by atoms with E-state index in [2.05, 4.69) is 6.92 Å². The van der Waals surface area contributed by atoms with Crippen molar-refractivity contribution in [2.75, 3.05) is 6.61 Å². The predicted octanol–water partition coefficient (Wildman–Crippen LogP) is 7.83. The van der Waals surface area contributed by atoms with Crippen LogP contribution in [0.5, 0.6) is 0 Å². The Labute approximate surface area is 200 Å². The maximum atomic E-state index is 14.6. The number of carbonyl (C=O) groups excluding carboxylic acids is 2. The molecule has 0 aliphatic heterocycles. The minimum absolute atomic E-state index is 0.151. The monoisotopic (exact) mass is 476 g/mol. The van der Waals surface area contributed by atoms with Crippen LogP contribution in [0.15, 0.2) is 60.7 Å². The Hall–Kier alpha value is -2.63. The molecule has 0 saturated carbocycles. The molecule has 0 radical (unpaired) electrons. The Morgan fingerprint density at radius 1 is 0.706 bits per heavy atom. The summed E-state index contributed by atoms with van der Waals surface area (Å²) in [6.07, 6.45) is 5.37. The van der Waals surface area contributed by atoms with Gasteiger partial charge in [-0.05, 0) is 12.0 Å². The highest BCUT2D eigenvalue weighted by Gasteiger charge is 2.67. The average molecular weight is 477 g/mol. The fraction of sp³-hybridized carbons (Fsp3) is 0.500. The summed E-state index contributed by atoms with van der Waals surface area (Å²) >= 11 is 0. The van der Waals surface area contributed by atoms with Crippen LogP contribution in [-0.2, 0) is 14.9 Å². The number of hydrogen-bond donors (Lipinski definition) is 0. The zero-order chi connectivity index (χ0) is 24.9. The normalized spacial score (nSPS) is 13.3. The lowest BCUT2D eigenvalue weighted by Gasteiger charge is -2.32. The summed E-state index contributed by atoms with van der Waals surface area (Å²) in [6.45, 7) is 2.03. The van der Waals surface area contributed by atoms with Crippen LogP contribution < -0.4 is 0 Å². The second kappa shape index (κ2) is 13.9. The van der Waals surface area contributed by atoms with Crippen LogP contribution in [0.1, 0.15) is 87.1 Å². The molecule has 0 aliphatic carbocycles. The van der Waals surface area contributed by atoms with E-state index in [1.807, 2.05) is 0 Å². The van der Waals surface area contributed by atoms with Gasteiger partial charge in [-0.1, -0.05) is 125 Å². The Kier molecular flexibility index (Phi) is 11.3. The van der Waals surface area contributed by atoms with Crippen LogP contribution >= 0.6 is 0 Å². The van der Waals surface area contributed by atoms with E-state index < -0.39 is 28.9 Å². The largest absolute Gasteiger partial charge is 0.464 e. The zero-order valence-electron chi connectivity index (χ0n) is 19.9. The van der Waals surface area contributed by atoms with Gasteiger partial charge in [0.1, 0.15) is 0 Å². The van der Waals surface area contributed by atoms with E-state index in [0.717, 1.165) is 37.8 Å². The highest BCUT2D eigenvalue weighted by Crippen LogP contribution is 2.45. The summed E-state index contributed by atoms with van der Waals surface area (Å²) in [5.41, 5.74) is -4.04. The topological polar surface area (TPSA) is 43.4 Å². The molecule has 3 nitrogen and oxygen atoms in total. The van der Waals surface area contributed by atoms with Gasteiger partial charge in [-0.3, -0.25) is 9.59 Å². The number of ether oxygens (including phenoxy) is 1. The molecule has 0 amide bonds. The van der Waals surface area contributed by atoms with E-state index >= 15 is 0 Å². The molecule has 34 heavy (non-hydrogen) atoms. The van der Waals surface area contributed by atoms with Gasteiger partial charge in [-0.2, -0.15) is 13.2 Å². The molecular formula is C28H35F3O3. The number of alkyl halides is 3. The van der Waals surface area contributed by atoms with Gasteiger partial charge in [0.05, 0.1) is 6.61 Å². The van der Waals surface area contributed by atoms with E-state index in [-0.39, 0.29) is 12.2 Å². The van der Waals surface area contributed by atoms with E-state index in [1.54, 1.807) is 6.07 Å². The lowest BCUT2D eigenvalue weighted by Crippen LogP contribution is -2.56. The molecule has 6 heteroatoms. The number of unbranched alkanes of at least 4 members (excludes halogenated alkanes) is 9.